The molecule has 1 aromatic carbocycles. The van der Waals surface area contributed by atoms with Crippen molar-refractivity contribution in [2.75, 3.05) is 11.9 Å². The van der Waals surface area contributed by atoms with Crippen LogP contribution >= 0.6 is 22.7 Å². The van der Waals surface area contributed by atoms with Crippen molar-refractivity contribution in [2.24, 2.45) is 0 Å². The number of aromatic nitrogens is 1. The van der Waals surface area contributed by atoms with Gasteiger partial charge in [0.05, 0.1) is 10.2 Å². The number of carbonyl (C=O) groups is 1. The zero-order valence-electron chi connectivity index (χ0n) is 15.6. The van der Waals surface area contributed by atoms with E-state index in [1.165, 1.54) is 27.0 Å². The average molecular weight is 436 g/mol. The molecule has 1 aliphatic rings. The van der Waals surface area contributed by atoms with Crippen LogP contribution in [0, 0.1) is 13.8 Å². The molecule has 148 valence electrons. The molecule has 1 atom stereocenters. The third-order valence-corrected chi connectivity index (χ3v) is 9.07. The Morgan fingerprint density at radius 2 is 2.11 bits per heavy atom. The lowest BCUT2D eigenvalue weighted by atomic mass is 10.0. The van der Waals surface area contributed by atoms with Crippen LogP contribution in [0.3, 0.4) is 0 Å². The summed E-state index contributed by atoms with van der Waals surface area (Å²) in [6.45, 7) is 4.38. The van der Waals surface area contributed by atoms with Gasteiger partial charge in [0.2, 0.25) is 5.91 Å². The number of carbonyl (C=O) groups excluding carboxylic acids is 1. The van der Waals surface area contributed by atoms with E-state index in [0.29, 0.717) is 18.1 Å². The minimum atomic E-state index is -3.67. The lowest BCUT2D eigenvalue weighted by molar-refractivity contribution is -0.120. The third kappa shape index (κ3) is 3.59. The van der Waals surface area contributed by atoms with Crippen molar-refractivity contribution in [2.45, 2.75) is 43.4 Å². The number of piperidine rings is 1. The van der Waals surface area contributed by atoms with Gasteiger partial charge >= 0.3 is 0 Å². The summed E-state index contributed by atoms with van der Waals surface area (Å²) in [5, 5.41) is 5.10. The summed E-state index contributed by atoms with van der Waals surface area (Å²) >= 11 is 2.59. The Bertz CT molecular complexity index is 1120. The molecular formula is C19H21N3O3S3. The zero-order valence-corrected chi connectivity index (χ0v) is 18.1. The van der Waals surface area contributed by atoms with Crippen LogP contribution in [0.4, 0.5) is 5.13 Å². The van der Waals surface area contributed by atoms with Crippen molar-refractivity contribution in [1.29, 1.82) is 0 Å². The quantitative estimate of drug-likeness (QED) is 0.667. The monoisotopic (exact) mass is 435 g/mol. The molecular weight excluding hydrogens is 414 g/mol. The number of benzene rings is 1. The number of anilines is 1. The fourth-order valence-electron chi connectivity index (χ4n) is 3.59. The first-order valence-corrected chi connectivity index (χ1v) is 12.2. The number of sulfonamides is 1. The molecule has 0 aliphatic carbocycles. The van der Waals surface area contributed by atoms with E-state index in [9.17, 15) is 13.2 Å². The van der Waals surface area contributed by atoms with Gasteiger partial charge in [0, 0.05) is 6.54 Å². The molecule has 0 bridgehead atoms. The van der Waals surface area contributed by atoms with E-state index in [0.717, 1.165) is 34.2 Å². The lowest BCUT2D eigenvalue weighted by Crippen LogP contribution is -2.49. The van der Waals surface area contributed by atoms with Gasteiger partial charge in [0.1, 0.15) is 10.3 Å². The SMILES string of the molecule is Cc1cc(C)c2nc(NC(=O)C3CCCCN3S(=O)(=O)c3cccs3)sc2c1. The van der Waals surface area contributed by atoms with Gasteiger partial charge in [-0.05, 0) is 55.3 Å². The number of nitrogens with one attached hydrogen (secondary N) is 1. The van der Waals surface area contributed by atoms with Gasteiger partial charge in [-0.2, -0.15) is 4.31 Å². The summed E-state index contributed by atoms with van der Waals surface area (Å²) in [6, 6.07) is 6.69. The number of rotatable bonds is 4. The van der Waals surface area contributed by atoms with Gasteiger partial charge in [-0.1, -0.05) is 29.9 Å². The molecule has 28 heavy (non-hydrogen) atoms. The van der Waals surface area contributed by atoms with E-state index in [4.69, 9.17) is 0 Å². The Labute approximate surface area is 172 Å². The van der Waals surface area contributed by atoms with E-state index in [-0.39, 0.29) is 10.1 Å². The predicted molar refractivity (Wildman–Crippen MR) is 114 cm³/mol. The van der Waals surface area contributed by atoms with Gasteiger partial charge in [-0.3, -0.25) is 4.79 Å². The highest BCUT2D eigenvalue weighted by atomic mass is 32.2. The number of hydrogen-bond acceptors (Lipinski definition) is 6. The molecule has 3 aromatic rings. The topological polar surface area (TPSA) is 79.4 Å². The molecule has 0 saturated carbocycles. The van der Waals surface area contributed by atoms with Crippen molar-refractivity contribution < 1.29 is 13.2 Å². The molecule has 2 aromatic heterocycles. The molecule has 1 unspecified atom stereocenters. The molecule has 1 aliphatic heterocycles. The molecule has 4 rings (SSSR count). The maximum atomic E-state index is 13.0. The molecule has 0 spiro atoms. The van der Waals surface area contributed by atoms with E-state index in [2.05, 4.69) is 16.4 Å². The van der Waals surface area contributed by atoms with Crippen LogP contribution in [0.1, 0.15) is 30.4 Å². The summed E-state index contributed by atoms with van der Waals surface area (Å²) < 4.78 is 28.6. The summed E-state index contributed by atoms with van der Waals surface area (Å²) in [5.41, 5.74) is 3.08. The van der Waals surface area contributed by atoms with Crippen LogP contribution in [0.5, 0.6) is 0 Å². The second-order valence-corrected chi connectivity index (χ2v) is 11.1. The Balaban J connectivity index is 1.60. The molecule has 0 radical (unpaired) electrons. The number of aryl methyl sites for hydroxylation is 2. The van der Waals surface area contributed by atoms with Crippen LogP contribution in [0.15, 0.2) is 33.9 Å². The first-order valence-electron chi connectivity index (χ1n) is 9.10. The largest absolute Gasteiger partial charge is 0.301 e. The number of thiazole rings is 1. The van der Waals surface area contributed by atoms with Crippen molar-refractivity contribution in [3.05, 3.63) is 40.8 Å². The van der Waals surface area contributed by atoms with Crippen LogP contribution in [-0.2, 0) is 14.8 Å². The van der Waals surface area contributed by atoms with E-state index < -0.39 is 16.1 Å². The van der Waals surface area contributed by atoms with Crippen molar-refractivity contribution in [3.8, 4) is 0 Å². The highest BCUT2D eigenvalue weighted by Crippen LogP contribution is 2.31. The summed E-state index contributed by atoms with van der Waals surface area (Å²) in [4.78, 5) is 17.5. The second kappa shape index (κ2) is 7.55. The molecule has 1 N–H and O–H groups in total. The fourth-order valence-corrected chi connectivity index (χ4v) is 7.41. The molecule has 9 heteroatoms. The minimum absolute atomic E-state index is 0.276. The zero-order chi connectivity index (χ0) is 19.9. The number of hydrogen-bond donors (Lipinski definition) is 1. The minimum Gasteiger partial charge on any atom is -0.301 e. The first-order chi connectivity index (χ1) is 13.4. The van der Waals surface area contributed by atoms with E-state index in [1.807, 2.05) is 19.9 Å². The number of nitrogens with zero attached hydrogens (tertiary/aromatic N) is 2. The van der Waals surface area contributed by atoms with E-state index in [1.54, 1.807) is 17.5 Å². The van der Waals surface area contributed by atoms with Crippen LogP contribution < -0.4 is 5.32 Å². The van der Waals surface area contributed by atoms with Crippen molar-refractivity contribution >= 4 is 54.0 Å². The molecule has 1 amide bonds. The van der Waals surface area contributed by atoms with Crippen LogP contribution in [0.25, 0.3) is 10.2 Å². The van der Waals surface area contributed by atoms with Crippen LogP contribution in [-0.4, -0.2) is 36.2 Å². The fraction of sp³-hybridized carbons (Fsp3) is 0.368. The Hall–Kier alpha value is -1.81. The number of amides is 1. The summed E-state index contributed by atoms with van der Waals surface area (Å²) in [7, 11) is -3.67. The highest BCUT2D eigenvalue weighted by molar-refractivity contribution is 7.91. The standard InChI is InChI=1S/C19H21N3O3S3/c1-12-10-13(2)17-15(11-12)27-19(20-17)21-18(23)14-6-3-4-8-22(14)28(24,25)16-7-5-9-26-16/h5,7,9-11,14H,3-4,6,8H2,1-2H3,(H,20,21,23). The van der Waals surface area contributed by atoms with Gasteiger partial charge in [0.15, 0.2) is 5.13 Å². The Morgan fingerprint density at radius 3 is 2.86 bits per heavy atom. The molecule has 6 nitrogen and oxygen atoms in total. The Morgan fingerprint density at radius 1 is 1.29 bits per heavy atom. The van der Waals surface area contributed by atoms with E-state index >= 15 is 0 Å². The predicted octanol–water partition coefficient (Wildman–Crippen LogP) is 4.16. The molecule has 1 saturated heterocycles. The number of fused-ring (bicyclic) bond motifs is 1. The van der Waals surface area contributed by atoms with Crippen molar-refractivity contribution in [1.82, 2.24) is 9.29 Å². The lowest BCUT2D eigenvalue weighted by Gasteiger charge is -2.32. The smallest absolute Gasteiger partial charge is 0.253 e. The van der Waals surface area contributed by atoms with Crippen molar-refractivity contribution in [3.63, 3.8) is 0 Å². The first kappa shape index (κ1) is 19.5. The van der Waals surface area contributed by atoms with Crippen LogP contribution in [0.2, 0.25) is 0 Å². The summed E-state index contributed by atoms with van der Waals surface area (Å²) in [5.74, 6) is -0.312. The Kier molecular flexibility index (Phi) is 5.26. The van der Waals surface area contributed by atoms with Gasteiger partial charge in [-0.25, -0.2) is 13.4 Å². The average Bonchev–Trinajstić information content (AvgIpc) is 3.32. The maximum Gasteiger partial charge on any atom is 0.253 e. The van der Waals surface area contributed by atoms with Gasteiger partial charge in [0.25, 0.3) is 10.0 Å². The maximum absolute atomic E-state index is 13.0. The van der Waals surface area contributed by atoms with Gasteiger partial charge in [-0.15, -0.1) is 11.3 Å². The normalized spacial score (nSPS) is 18.4. The van der Waals surface area contributed by atoms with Gasteiger partial charge < -0.3 is 5.32 Å². The highest BCUT2D eigenvalue weighted by Gasteiger charge is 2.38. The molecule has 3 heterocycles. The second-order valence-electron chi connectivity index (χ2n) is 7.00. The summed E-state index contributed by atoms with van der Waals surface area (Å²) in [6.07, 6.45) is 2.10. The molecule has 1 fully saturated rings. The third-order valence-electron chi connectivity index (χ3n) is 4.87. The number of thiophene rings is 1.